The second-order valence-corrected chi connectivity index (χ2v) is 10.00. The van der Waals surface area contributed by atoms with E-state index in [1.807, 2.05) is 36.1 Å². The van der Waals surface area contributed by atoms with Crippen LogP contribution in [0.2, 0.25) is 0 Å². The molecule has 0 radical (unpaired) electrons. The molecule has 1 spiro atoms. The number of anilines is 1. The van der Waals surface area contributed by atoms with Gasteiger partial charge in [-0.1, -0.05) is 60.7 Å². The number of halogens is 3. The molecule has 0 bridgehead atoms. The molecule has 1 saturated heterocycles. The maximum atomic E-state index is 14.3. The minimum atomic E-state index is -4.54. The highest BCUT2D eigenvalue weighted by Gasteiger charge is 2.71. The van der Waals surface area contributed by atoms with Gasteiger partial charge in [0.25, 0.3) is 0 Å². The molecular formula is C30H22F3NO3. The van der Waals surface area contributed by atoms with Crippen LogP contribution in [0.3, 0.4) is 0 Å². The van der Waals surface area contributed by atoms with Gasteiger partial charge in [-0.3, -0.25) is 14.4 Å². The van der Waals surface area contributed by atoms with Gasteiger partial charge in [-0.15, -0.1) is 0 Å². The van der Waals surface area contributed by atoms with Gasteiger partial charge in [-0.2, -0.15) is 13.2 Å². The average Bonchev–Trinajstić information content (AvgIpc) is 3.30. The monoisotopic (exact) mass is 501 g/mol. The molecule has 3 unspecified atom stereocenters. The number of aryl methyl sites for hydroxylation is 1. The van der Waals surface area contributed by atoms with Gasteiger partial charge in [0.2, 0.25) is 0 Å². The largest absolute Gasteiger partial charge is 0.416 e. The summed E-state index contributed by atoms with van der Waals surface area (Å²) >= 11 is 0. The van der Waals surface area contributed by atoms with E-state index >= 15 is 0 Å². The van der Waals surface area contributed by atoms with Gasteiger partial charge in [-0.05, 0) is 48.7 Å². The number of Topliss-reactive ketones (excluding diaryl/α,β-unsaturated/α-hetero) is 3. The summed E-state index contributed by atoms with van der Waals surface area (Å²) in [5.74, 6) is -2.07. The van der Waals surface area contributed by atoms with Crippen molar-refractivity contribution in [2.45, 2.75) is 38.0 Å². The van der Waals surface area contributed by atoms with E-state index in [1.165, 1.54) is 19.1 Å². The summed E-state index contributed by atoms with van der Waals surface area (Å²) in [6.07, 6.45) is -0.898. The van der Waals surface area contributed by atoms with Crippen molar-refractivity contribution in [3.8, 4) is 0 Å². The van der Waals surface area contributed by atoms with Crippen LogP contribution in [0.4, 0.5) is 18.9 Å². The number of rotatable bonds is 2. The van der Waals surface area contributed by atoms with Crippen molar-refractivity contribution >= 4 is 29.1 Å². The van der Waals surface area contributed by atoms with Crippen molar-refractivity contribution in [3.05, 3.63) is 106 Å². The molecule has 2 heterocycles. The van der Waals surface area contributed by atoms with E-state index in [2.05, 4.69) is 0 Å². The molecule has 0 amide bonds. The number of carbonyl (C=O) groups is 3. The van der Waals surface area contributed by atoms with Crippen molar-refractivity contribution in [1.29, 1.82) is 0 Å². The first-order chi connectivity index (χ1) is 17.6. The molecule has 0 N–H and O–H groups in total. The number of nitrogens with zero attached hydrogens (tertiary/aromatic N) is 1. The number of alkyl halides is 3. The normalized spacial score (nSPS) is 23.3. The molecule has 7 heteroatoms. The average molecular weight is 502 g/mol. The molecular weight excluding hydrogens is 479 g/mol. The lowest BCUT2D eigenvalue weighted by atomic mass is 9.64. The van der Waals surface area contributed by atoms with E-state index in [1.54, 1.807) is 30.3 Å². The minimum Gasteiger partial charge on any atom is -0.352 e. The Balaban J connectivity index is 1.65. The van der Waals surface area contributed by atoms with E-state index in [-0.39, 0.29) is 16.9 Å². The summed E-state index contributed by atoms with van der Waals surface area (Å²) in [7, 11) is 0. The van der Waals surface area contributed by atoms with E-state index in [4.69, 9.17) is 0 Å². The van der Waals surface area contributed by atoms with Crippen molar-refractivity contribution in [1.82, 2.24) is 0 Å². The molecule has 186 valence electrons. The summed E-state index contributed by atoms with van der Waals surface area (Å²) < 4.78 is 40.1. The lowest BCUT2D eigenvalue weighted by Gasteiger charge is -2.37. The van der Waals surface area contributed by atoms with Crippen molar-refractivity contribution in [3.63, 3.8) is 0 Å². The third kappa shape index (κ3) is 3.06. The first-order valence-corrected chi connectivity index (χ1v) is 12.0. The molecule has 1 aliphatic carbocycles. The van der Waals surface area contributed by atoms with Crippen LogP contribution in [-0.2, 0) is 11.0 Å². The highest BCUT2D eigenvalue weighted by atomic mass is 19.4. The van der Waals surface area contributed by atoms with Crippen LogP contribution in [0.15, 0.2) is 72.8 Å². The van der Waals surface area contributed by atoms with Crippen LogP contribution in [0, 0.1) is 12.3 Å². The fourth-order valence-electron chi connectivity index (χ4n) is 6.48. The number of hydrogen-bond donors (Lipinski definition) is 0. The van der Waals surface area contributed by atoms with E-state index in [0.717, 1.165) is 28.9 Å². The molecule has 3 aromatic carbocycles. The first kappa shape index (κ1) is 23.4. The third-order valence-electron chi connectivity index (χ3n) is 7.98. The fourth-order valence-corrected chi connectivity index (χ4v) is 6.48. The highest BCUT2D eigenvalue weighted by Crippen LogP contribution is 2.60. The van der Waals surface area contributed by atoms with Crippen LogP contribution >= 0.6 is 0 Å². The zero-order valence-electron chi connectivity index (χ0n) is 20.0. The maximum absolute atomic E-state index is 14.3. The molecule has 4 nitrogen and oxygen atoms in total. The van der Waals surface area contributed by atoms with Gasteiger partial charge >= 0.3 is 6.18 Å². The van der Waals surface area contributed by atoms with Crippen molar-refractivity contribution < 1.29 is 27.6 Å². The molecule has 3 atom stereocenters. The smallest absolute Gasteiger partial charge is 0.352 e. The van der Waals surface area contributed by atoms with Crippen LogP contribution in [0.5, 0.6) is 0 Å². The number of ketones is 3. The zero-order chi connectivity index (χ0) is 26.3. The van der Waals surface area contributed by atoms with Gasteiger partial charge in [-0.25, -0.2) is 0 Å². The number of benzene rings is 3. The van der Waals surface area contributed by atoms with E-state index in [0.29, 0.717) is 5.56 Å². The van der Waals surface area contributed by atoms with Gasteiger partial charge in [0, 0.05) is 22.7 Å². The Morgan fingerprint density at radius 1 is 0.919 bits per heavy atom. The van der Waals surface area contributed by atoms with Crippen LogP contribution < -0.4 is 4.90 Å². The van der Waals surface area contributed by atoms with Crippen molar-refractivity contribution in [2.24, 2.45) is 5.41 Å². The lowest BCUT2D eigenvalue weighted by Crippen LogP contribution is -2.48. The Labute approximate surface area is 211 Å². The summed E-state index contributed by atoms with van der Waals surface area (Å²) in [4.78, 5) is 43.7. The molecule has 0 saturated carbocycles. The molecule has 1 fully saturated rings. The number of fused-ring (bicyclic) bond motifs is 5. The van der Waals surface area contributed by atoms with Crippen molar-refractivity contribution in [2.75, 3.05) is 4.90 Å². The SMILES string of the molecule is CC(=O)C1C(c2ccc(C(F)(F)F)cc2)C2(C(=O)c3ccccc3C2=O)C2C=Cc3ccc(C)cc3N12. The summed E-state index contributed by atoms with van der Waals surface area (Å²) in [6.45, 7) is 3.32. The van der Waals surface area contributed by atoms with Crippen LogP contribution in [-0.4, -0.2) is 29.4 Å². The topological polar surface area (TPSA) is 54.5 Å². The Morgan fingerprint density at radius 3 is 2.11 bits per heavy atom. The third-order valence-corrected chi connectivity index (χ3v) is 7.98. The molecule has 37 heavy (non-hydrogen) atoms. The standard InChI is InChI=1S/C30H22F3NO3/c1-16-7-8-18-11-14-24-29(27(36)21-5-3-4-6-22(21)28(29)37)25(26(17(2)35)34(24)23(18)15-16)19-9-12-20(13-10-19)30(31,32)33/h3-15,24-26H,1-2H3. The summed E-state index contributed by atoms with van der Waals surface area (Å²) in [5.41, 5.74) is 0.860. The molecule has 2 aliphatic heterocycles. The first-order valence-electron chi connectivity index (χ1n) is 12.0. The van der Waals surface area contributed by atoms with E-state index in [9.17, 15) is 27.6 Å². The van der Waals surface area contributed by atoms with Crippen LogP contribution in [0.25, 0.3) is 6.08 Å². The predicted octanol–water partition coefficient (Wildman–Crippen LogP) is 6.04. The zero-order valence-corrected chi connectivity index (χ0v) is 20.0. The Morgan fingerprint density at radius 2 is 1.54 bits per heavy atom. The Kier molecular flexibility index (Phi) is 4.90. The number of carbonyl (C=O) groups excluding carboxylic acids is 3. The van der Waals surface area contributed by atoms with Gasteiger partial charge in [0.05, 0.1) is 17.6 Å². The minimum absolute atomic E-state index is 0.272. The van der Waals surface area contributed by atoms with Crippen LogP contribution in [0.1, 0.15) is 55.8 Å². The van der Waals surface area contributed by atoms with Gasteiger partial charge in [0.15, 0.2) is 17.3 Å². The molecule has 3 aromatic rings. The summed E-state index contributed by atoms with van der Waals surface area (Å²) in [6, 6.07) is 15.1. The second-order valence-electron chi connectivity index (χ2n) is 10.00. The predicted molar refractivity (Wildman–Crippen MR) is 133 cm³/mol. The summed E-state index contributed by atoms with van der Waals surface area (Å²) in [5, 5.41) is 0. The fraction of sp³-hybridized carbons (Fsp3) is 0.233. The second kappa shape index (κ2) is 7.75. The molecule has 3 aliphatic rings. The van der Waals surface area contributed by atoms with Gasteiger partial charge in [0.1, 0.15) is 5.41 Å². The number of hydrogen-bond acceptors (Lipinski definition) is 4. The molecule has 0 aromatic heterocycles. The van der Waals surface area contributed by atoms with E-state index < -0.39 is 46.7 Å². The Hall–Kier alpha value is -4.00. The quantitative estimate of drug-likeness (QED) is 0.402. The highest BCUT2D eigenvalue weighted by molar-refractivity contribution is 6.32. The maximum Gasteiger partial charge on any atom is 0.416 e. The molecule has 6 rings (SSSR count). The van der Waals surface area contributed by atoms with Gasteiger partial charge < -0.3 is 4.90 Å². The Bertz CT molecular complexity index is 1480. The lowest BCUT2D eigenvalue weighted by molar-refractivity contribution is -0.137.